The quantitative estimate of drug-likeness (QED) is 0.0309. The summed E-state index contributed by atoms with van der Waals surface area (Å²) < 4.78 is 4.94. The van der Waals surface area contributed by atoms with Gasteiger partial charge in [0.05, 0.1) is 79.0 Å². The second kappa shape index (κ2) is 22.9. The molecule has 0 fully saturated rings. The number of anilines is 2. The van der Waals surface area contributed by atoms with Gasteiger partial charge in [-0.1, -0.05) is 71.7 Å². The largest absolute Gasteiger partial charge is 1.00 e. The minimum atomic E-state index is -1.30. The van der Waals surface area contributed by atoms with Crippen LogP contribution in [0.5, 0.6) is 0 Å². The first-order chi connectivity index (χ1) is 29.7. The van der Waals surface area contributed by atoms with Gasteiger partial charge < -0.3 is 30.4 Å². The Morgan fingerprint density at radius 1 is 0.603 bits per heavy atom. The maximum atomic E-state index is 11.4. The SMILES string of the molecule is O=C([O-])COCCNc1ccc(N=Nc2c(Cl)cc([N+](=O)[O-])cc2[N+](=O)[O-])c2ccccc12.O=[N+]([O-])c1cc(Cl)c(N=Nc2ccc(NCCO)c3ccccc23)c([N+](=O)[O-])c1.[Na+]. The smallest absolute Gasteiger partial charge is 0.548 e. The maximum absolute atomic E-state index is 11.4. The number of halogens is 2. The van der Waals surface area contributed by atoms with E-state index in [9.17, 15) is 50.4 Å². The molecule has 6 aromatic rings. The van der Waals surface area contributed by atoms with Crippen molar-refractivity contribution in [2.75, 3.05) is 43.5 Å². The summed E-state index contributed by atoms with van der Waals surface area (Å²) in [5.74, 6) is -1.30. The van der Waals surface area contributed by atoms with E-state index in [0.29, 0.717) is 29.9 Å². The number of benzene rings is 6. The second-order valence-corrected chi connectivity index (χ2v) is 13.2. The van der Waals surface area contributed by atoms with Crippen molar-refractivity contribution in [1.82, 2.24) is 0 Å². The molecule has 0 saturated carbocycles. The van der Waals surface area contributed by atoms with Crippen LogP contribution in [0.1, 0.15) is 0 Å². The van der Waals surface area contributed by atoms with E-state index in [-0.39, 0.29) is 64.2 Å². The summed E-state index contributed by atoms with van der Waals surface area (Å²) in [4.78, 5) is 51.8. The zero-order chi connectivity index (χ0) is 44.9. The average Bonchev–Trinajstić information content (AvgIpc) is 3.24. The van der Waals surface area contributed by atoms with Crippen LogP contribution >= 0.6 is 23.2 Å². The van der Waals surface area contributed by atoms with Crippen LogP contribution in [-0.4, -0.2) is 63.7 Å². The fraction of sp³-hybridized carbons (Fsp3) is 0.132. The second-order valence-electron chi connectivity index (χ2n) is 12.4. The Labute approximate surface area is 386 Å². The van der Waals surface area contributed by atoms with E-state index in [4.69, 9.17) is 33.0 Å². The first-order valence-electron chi connectivity index (χ1n) is 17.7. The molecule has 0 aliphatic carbocycles. The average molecular weight is 912 g/mol. The molecule has 0 spiro atoms. The zero-order valence-electron chi connectivity index (χ0n) is 32.5. The summed E-state index contributed by atoms with van der Waals surface area (Å²) in [6.45, 7) is 0.321. The number of aliphatic hydroxyl groups is 1. The van der Waals surface area contributed by atoms with Crippen LogP contribution in [0.3, 0.4) is 0 Å². The number of nitro groups is 4. The summed E-state index contributed by atoms with van der Waals surface area (Å²) in [5.41, 5.74) is -0.547. The first kappa shape index (κ1) is 48.9. The van der Waals surface area contributed by atoms with Gasteiger partial charge in [0.15, 0.2) is 11.4 Å². The van der Waals surface area contributed by atoms with Crippen molar-refractivity contribution in [2.24, 2.45) is 20.5 Å². The summed E-state index contributed by atoms with van der Waals surface area (Å²) in [7, 11) is 0. The topological polar surface area (TPSA) is 316 Å². The van der Waals surface area contributed by atoms with Crippen LogP contribution < -0.4 is 45.3 Å². The number of carboxylic acid groups (broad SMARTS) is 1. The minimum absolute atomic E-state index is 0. The Morgan fingerprint density at radius 3 is 1.40 bits per heavy atom. The van der Waals surface area contributed by atoms with Gasteiger partial charge in [0.2, 0.25) is 0 Å². The van der Waals surface area contributed by atoms with Gasteiger partial charge in [0.25, 0.3) is 11.4 Å². The molecule has 0 bridgehead atoms. The number of carbonyl (C=O) groups excluding carboxylic acids is 1. The first-order valence-corrected chi connectivity index (χ1v) is 18.4. The Balaban J connectivity index is 0.000000274. The number of fused-ring (bicyclic) bond motifs is 2. The van der Waals surface area contributed by atoms with E-state index in [0.717, 1.165) is 51.8 Å². The van der Waals surface area contributed by atoms with Crippen LogP contribution in [0.4, 0.5) is 56.9 Å². The van der Waals surface area contributed by atoms with E-state index in [1.165, 1.54) is 0 Å². The molecule has 0 aliphatic heterocycles. The molecule has 0 radical (unpaired) electrons. The third-order valence-corrected chi connectivity index (χ3v) is 8.97. The van der Waals surface area contributed by atoms with Crippen LogP contribution in [0.15, 0.2) is 118 Å². The molecular formula is C38H29Cl2N10NaO12. The monoisotopic (exact) mass is 910 g/mol. The number of carbonyl (C=O) groups is 1. The molecular weight excluding hydrogens is 882 g/mol. The molecule has 0 aliphatic rings. The molecule has 0 atom stereocenters. The Kier molecular flexibility index (Phi) is 17.7. The third kappa shape index (κ3) is 12.6. The van der Waals surface area contributed by atoms with Crippen LogP contribution in [-0.2, 0) is 9.53 Å². The molecule has 6 aromatic carbocycles. The minimum Gasteiger partial charge on any atom is -0.548 e. The predicted octanol–water partition coefficient (Wildman–Crippen LogP) is 6.04. The predicted molar refractivity (Wildman–Crippen MR) is 226 cm³/mol. The number of ether oxygens (including phenoxy) is 1. The number of rotatable bonds is 17. The van der Waals surface area contributed by atoms with Crippen molar-refractivity contribution in [2.45, 2.75) is 0 Å². The van der Waals surface area contributed by atoms with E-state index in [1.807, 2.05) is 18.2 Å². The summed E-state index contributed by atoms with van der Waals surface area (Å²) in [6.07, 6.45) is 0. The summed E-state index contributed by atoms with van der Waals surface area (Å²) in [5, 5.41) is 88.6. The molecule has 0 amide bonds. The molecule has 0 heterocycles. The van der Waals surface area contributed by atoms with Crippen molar-refractivity contribution in [3.05, 3.63) is 148 Å². The molecule has 318 valence electrons. The number of hydrogen-bond acceptors (Lipinski definition) is 18. The molecule has 0 aromatic heterocycles. The van der Waals surface area contributed by atoms with Gasteiger partial charge >= 0.3 is 40.9 Å². The van der Waals surface area contributed by atoms with Gasteiger partial charge in [-0.15, -0.1) is 20.5 Å². The standard InChI is InChI=1S/C20H16ClN5O7.C18H14ClN5O5.Na/c21-15-9-12(25(29)30)10-18(26(31)32)20(15)24-23-17-6-5-16(13-3-1-2-4-14(13)17)22-7-8-33-11-19(27)28;19-14-9-11(23(26)27)10-17(24(28)29)18(14)22-21-16-6-5-15(20-7-8-25)12-3-1-2-4-13(12)16;/h1-6,9-10,22H,7-8,11H2,(H,27,28);1-6,9-10,20,25H,7-8H2;/q;;+1/p-1. The van der Waals surface area contributed by atoms with Crippen LogP contribution in [0, 0.1) is 40.5 Å². The van der Waals surface area contributed by atoms with Crippen molar-refractivity contribution in [1.29, 1.82) is 0 Å². The fourth-order valence-electron chi connectivity index (χ4n) is 5.69. The summed E-state index contributed by atoms with van der Waals surface area (Å²) in [6, 6.07) is 24.7. The third-order valence-electron chi connectivity index (χ3n) is 8.40. The van der Waals surface area contributed by atoms with E-state index < -0.39 is 55.0 Å². The number of nitrogens with zero attached hydrogens (tertiary/aromatic N) is 8. The van der Waals surface area contributed by atoms with Gasteiger partial charge in [-0.2, -0.15) is 0 Å². The zero-order valence-corrected chi connectivity index (χ0v) is 36.1. The number of azo groups is 2. The van der Waals surface area contributed by atoms with Crippen molar-refractivity contribution in [3.8, 4) is 0 Å². The molecule has 0 saturated heterocycles. The van der Waals surface area contributed by atoms with Crippen molar-refractivity contribution >= 4 is 108 Å². The van der Waals surface area contributed by atoms with Gasteiger partial charge in [0, 0.05) is 58.1 Å². The fourth-order valence-corrected chi connectivity index (χ4v) is 6.18. The summed E-state index contributed by atoms with van der Waals surface area (Å²) >= 11 is 12.0. The van der Waals surface area contributed by atoms with E-state index in [2.05, 4.69) is 31.1 Å². The molecule has 6 rings (SSSR count). The van der Waals surface area contributed by atoms with Gasteiger partial charge in [-0.3, -0.25) is 40.5 Å². The van der Waals surface area contributed by atoms with E-state index in [1.54, 1.807) is 54.6 Å². The Morgan fingerprint density at radius 2 is 1.02 bits per heavy atom. The molecule has 63 heavy (non-hydrogen) atoms. The number of hydrogen-bond donors (Lipinski definition) is 3. The molecule has 22 nitrogen and oxygen atoms in total. The maximum Gasteiger partial charge on any atom is 1.00 e. The van der Waals surface area contributed by atoms with Crippen molar-refractivity contribution in [3.63, 3.8) is 0 Å². The normalized spacial score (nSPS) is 10.9. The van der Waals surface area contributed by atoms with Crippen LogP contribution in [0.2, 0.25) is 10.0 Å². The number of aliphatic carboxylic acids is 1. The molecule has 25 heteroatoms. The molecule has 0 unspecified atom stereocenters. The number of aliphatic hydroxyl groups excluding tert-OH is 1. The van der Waals surface area contributed by atoms with Gasteiger partial charge in [-0.05, 0) is 24.3 Å². The number of nitrogens with one attached hydrogen (secondary N) is 2. The van der Waals surface area contributed by atoms with Crippen molar-refractivity contribution < 1.29 is 69.0 Å². The Bertz CT molecular complexity index is 2780. The van der Waals surface area contributed by atoms with Gasteiger partial charge in [-0.25, -0.2) is 0 Å². The number of non-ortho nitro benzene ring substituents is 2. The van der Waals surface area contributed by atoms with E-state index >= 15 is 0 Å². The number of carboxylic acids is 1. The van der Waals surface area contributed by atoms with Crippen LogP contribution in [0.25, 0.3) is 21.5 Å². The molecule has 3 N–H and O–H groups in total. The van der Waals surface area contributed by atoms with Gasteiger partial charge in [0.1, 0.15) is 0 Å². The number of nitro benzene ring substituents is 4. The Hall–Kier alpha value is -6.79.